The van der Waals surface area contributed by atoms with E-state index in [9.17, 15) is 18.0 Å². The summed E-state index contributed by atoms with van der Waals surface area (Å²) in [5.74, 6) is -0.274. The molecule has 0 fully saturated rings. The van der Waals surface area contributed by atoms with Crippen LogP contribution in [0.3, 0.4) is 0 Å². The van der Waals surface area contributed by atoms with Crippen molar-refractivity contribution in [1.29, 1.82) is 0 Å². The first-order valence-corrected chi connectivity index (χ1v) is 6.01. The Bertz CT molecular complexity index is 432. The molecule has 0 aliphatic heterocycles. The van der Waals surface area contributed by atoms with Gasteiger partial charge in [-0.25, -0.2) is 0 Å². The number of carbonyl (C=O) groups is 1. The van der Waals surface area contributed by atoms with Crippen molar-refractivity contribution in [1.82, 2.24) is 4.90 Å². The molecule has 0 unspecified atom stereocenters. The van der Waals surface area contributed by atoms with Crippen LogP contribution in [0.4, 0.5) is 18.9 Å². The summed E-state index contributed by atoms with van der Waals surface area (Å²) in [6.45, 7) is -1.20. The Kier molecular flexibility index (Phi) is 5.82. The Labute approximate surface area is 115 Å². The summed E-state index contributed by atoms with van der Waals surface area (Å²) in [6, 6.07) is 7.03. The molecule has 20 heavy (non-hydrogen) atoms. The van der Waals surface area contributed by atoms with Gasteiger partial charge in [-0.1, -0.05) is 12.1 Å². The Balaban J connectivity index is 2.30. The van der Waals surface area contributed by atoms with E-state index < -0.39 is 12.8 Å². The zero-order chi connectivity index (χ0) is 15.2. The van der Waals surface area contributed by atoms with Crippen LogP contribution >= 0.6 is 0 Å². The van der Waals surface area contributed by atoms with Gasteiger partial charge in [0.2, 0.25) is 5.91 Å². The smallest absolute Gasteiger partial charge is 0.399 e. The number of halogens is 3. The molecule has 0 heterocycles. The monoisotopic (exact) mass is 290 g/mol. The fourth-order valence-electron chi connectivity index (χ4n) is 1.52. The zero-order valence-electron chi connectivity index (χ0n) is 11.1. The van der Waals surface area contributed by atoms with Crippen LogP contribution < -0.4 is 5.73 Å². The highest BCUT2D eigenvalue weighted by Gasteiger charge is 2.27. The summed E-state index contributed by atoms with van der Waals surface area (Å²) in [4.78, 5) is 13.1. The molecule has 0 radical (unpaired) electrons. The minimum Gasteiger partial charge on any atom is -0.399 e. The molecular weight excluding hydrogens is 273 g/mol. The minimum atomic E-state index is -4.36. The maximum Gasteiger partial charge on any atom is 0.411 e. The van der Waals surface area contributed by atoms with Crippen molar-refractivity contribution in [3.8, 4) is 0 Å². The fourth-order valence-corrected chi connectivity index (χ4v) is 1.52. The van der Waals surface area contributed by atoms with Crippen molar-refractivity contribution in [2.75, 3.05) is 26.0 Å². The van der Waals surface area contributed by atoms with E-state index in [4.69, 9.17) is 5.73 Å². The van der Waals surface area contributed by atoms with Crippen LogP contribution in [0.25, 0.3) is 0 Å². The van der Waals surface area contributed by atoms with Crippen molar-refractivity contribution in [3.63, 3.8) is 0 Å². The van der Waals surface area contributed by atoms with Crippen molar-refractivity contribution in [3.05, 3.63) is 29.8 Å². The van der Waals surface area contributed by atoms with Gasteiger partial charge in [0.15, 0.2) is 0 Å². The number of benzene rings is 1. The van der Waals surface area contributed by atoms with Gasteiger partial charge in [0.1, 0.15) is 6.61 Å². The van der Waals surface area contributed by atoms with Crippen LogP contribution in [-0.4, -0.2) is 37.2 Å². The van der Waals surface area contributed by atoms with Gasteiger partial charge in [-0.05, 0) is 17.7 Å². The van der Waals surface area contributed by atoms with E-state index in [2.05, 4.69) is 4.74 Å². The molecule has 2 N–H and O–H groups in total. The third-order valence-electron chi connectivity index (χ3n) is 2.55. The molecule has 0 aliphatic carbocycles. The molecule has 1 amide bonds. The van der Waals surface area contributed by atoms with Gasteiger partial charge in [0.05, 0.1) is 13.0 Å². The lowest BCUT2D eigenvalue weighted by atomic mass is 10.2. The second kappa shape index (κ2) is 7.14. The van der Waals surface area contributed by atoms with Crippen LogP contribution in [0.15, 0.2) is 24.3 Å². The Hall–Kier alpha value is -1.76. The van der Waals surface area contributed by atoms with E-state index in [0.29, 0.717) is 12.2 Å². The highest BCUT2D eigenvalue weighted by Crippen LogP contribution is 2.14. The lowest BCUT2D eigenvalue weighted by Gasteiger charge is -2.17. The quantitative estimate of drug-likeness (QED) is 0.645. The first-order valence-electron chi connectivity index (χ1n) is 6.01. The predicted octanol–water partition coefficient (Wildman–Crippen LogP) is 2.20. The average molecular weight is 290 g/mol. The van der Waals surface area contributed by atoms with Gasteiger partial charge >= 0.3 is 6.18 Å². The SMILES string of the molecule is CN(Cc1ccc(N)cc1)C(=O)CCOCC(F)(F)F. The summed E-state index contributed by atoms with van der Waals surface area (Å²) in [7, 11) is 1.59. The number of anilines is 1. The molecule has 7 heteroatoms. The minimum absolute atomic E-state index is 0.0818. The molecule has 0 saturated heterocycles. The van der Waals surface area contributed by atoms with Crippen LogP contribution in [0.5, 0.6) is 0 Å². The van der Waals surface area contributed by atoms with E-state index in [1.807, 2.05) is 0 Å². The summed E-state index contributed by atoms with van der Waals surface area (Å²) in [5.41, 5.74) is 7.07. The number of ether oxygens (including phenoxy) is 1. The number of amides is 1. The molecular formula is C13H17F3N2O2. The molecule has 4 nitrogen and oxygen atoms in total. The highest BCUT2D eigenvalue weighted by atomic mass is 19.4. The molecule has 0 aromatic heterocycles. The average Bonchev–Trinajstić information content (AvgIpc) is 2.36. The normalized spacial score (nSPS) is 11.4. The van der Waals surface area contributed by atoms with E-state index in [0.717, 1.165) is 5.56 Å². The predicted molar refractivity (Wildman–Crippen MR) is 68.8 cm³/mol. The van der Waals surface area contributed by atoms with Crippen LogP contribution in [-0.2, 0) is 16.1 Å². The molecule has 0 bridgehead atoms. The number of hydrogen-bond acceptors (Lipinski definition) is 3. The molecule has 1 aromatic carbocycles. The molecule has 0 spiro atoms. The fraction of sp³-hybridized carbons (Fsp3) is 0.462. The molecule has 0 aliphatic rings. The van der Waals surface area contributed by atoms with Gasteiger partial charge in [0.25, 0.3) is 0 Å². The van der Waals surface area contributed by atoms with Crippen LogP contribution in [0, 0.1) is 0 Å². The zero-order valence-corrected chi connectivity index (χ0v) is 11.1. The van der Waals surface area contributed by atoms with E-state index in [1.165, 1.54) is 4.90 Å². The summed E-state index contributed by atoms with van der Waals surface area (Å²) in [5, 5.41) is 0. The van der Waals surface area contributed by atoms with Gasteiger partial charge in [-0.3, -0.25) is 4.79 Å². The number of alkyl halides is 3. The maximum atomic E-state index is 11.8. The van der Waals surface area contributed by atoms with Crippen molar-refractivity contribution in [2.45, 2.75) is 19.1 Å². The number of nitrogens with two attached hydrogens (primary N) is 1. The number of rotatable bonds is 6. The largest absolute Gasteiger partial charge is 0.411 e. The Morgan fingerprint density at radius 3 is 2.45 bits per heavy atom. The van der Waals surface area contributed by atoms with Gasteiger partial charge < -0.3 is 15.4 Å². The standard InChI is InChI=1S/C13H17F3N2O2/c1-18(8-10-2-4-11(17)5-3-10)12(19)6-7-20-9-13(14,15)16/h2-5H,6-9,17H2,1H3. The lowest BCUT2D eigenvalue weighted by Crippen LogP contribution is -2.27. The first kappa shape index (κ1) is 16.3. The van der Waals surface area contributed by atoms with Crippen molar-refractivity contribution < 1.29 is 22.7 Å². The highest BCUT2D eigenvalue weighted by molar-refractivity contribution is 5.75. The summed E-state index contributed by atoms with van der Waals surface area (Å²) >= 11 is 0. The summed E-state index contributed by atoms with van der Waals surface area (Å²) < 4.78 is 39.9. The van der Waals surface area contributed by atoms with Crippen molar-refractivity contribution >= 4 is 11.6 Å². The van der Waals surface area contributed by atoms with Gasteiger partial charge in [-0.15, -0.1) is 0 Å². The number of nitrogen functional groups attached to an aromatic ring is 1. The number of nitrogens with zero attached hydrogens (tertiary/aromatic N) is 1. The van der Waals surface area contributed by atoms with Gasteiger partial charge in [0, 0.05) is 19.3 Å². The maximum absolute atomic E-state index is 11.8. The van der Waals surface area contributed by atoms with E-state index in [-0.39, 0.29) is 18.9 Å². The van der Waals surface area contributed by atoms with E-state index in [1.54, 1.807) is 31.3 Å². The molecule has 0 saturated carbocycles. The van der Waals surface area contributed by atoms with Crippen LogP contribution in [0.2, 0.25) is 0 Å². The summed E-state index contributed by atoms with van der Waals surface area (Å²) in [6.07, 6.45) is -4.44. The lowest BCUT2D eigenvalue weighted by molar-refractivity contribution is -0.175. The third-order valence-corrected chi connectivity index (χ3v) is 2.55. The molecule has 1 aromatic rings. The second-order valence-corrected chi connectivity index (χ2v) is 4.41. The topological polar surface area (TPSA) is 55.6 Å². The first-order chi connectivity index (χ1) is 9.28. The Morgan fingerprint density at radius 2 is 1.90 bits per heavy atom. The molecule has 112 valence electrons. The second-order valence-electron chi connectivity index (χ2n) is 4.41. The molecule has 1 rings (SSSR count). The molecule has 0 atom stereocenters. The van der Waals surface area contributed by atoms with Crippen molar-refractivity contribution in [2.24, 2.45) is 0 Å². The Morgan fingerprint density at radius 1 is 1.30 bits per heavy atom. The van der Waals surface area contributed by atoms with E-state index >= 15 is 0 Å². The number of hydrogen-bond donors (Lipinski definition) is 1. The van der Waals surface area contributed by atoms with Crippen LogP contribution in [0.1, 0.15) is 12.0 Å². The van der Waals surface area contributed by atoms with Gasteiger partial charge in [-0.2, -0.15) is 13.2 Å². The third kappa shape index (κ3) is 6.42. The number of carbonyl (C=O) groups excluding carboxylic acids is 1.